The lowest BCUT2D eigenvalue weighted by molar-refractivity contribution is -0.122. The molecule has 2 aliphatic heterocycles. The average molecular weight is 416 g/mol. The zero-order valence-electron chi connectivity index (χ0n) is 16.3. The highest BCUT2D eigenvalue weighted by Crippen LogP contribution is 2.28. The fourth-order valence-corrected chi connectivity index (χ4v) is 3.78. The topological polar surface area (TPSA) is 79.5 Å². The molecule has 2 heterocycles. The molecule has 2 amide bonds. The molecule has 0 spiro atoms. The van der Waals surface area contributed by atoms with E-state index in [1.54, 1.807) is 24.3 Å². The molecule has 0 saturated carbocycles. The monoisotopic (exact) mass is 415 g/mol. The number of ether oxygens (including phenoxy) is 1. The van der Waals surface area contributed by atoms with E-state index in [0.717, 1.165) is 30.7 Å². The number of benzene rings is 2. The van der Waals surface area contributed by atoms with Gasteiger partial charge in [-0.25, -0.2) is 0 Å². The first-order chi connectivity index (χ1) is 13.6. The summed E-state index contributed by atoms with van der Waals surface area (Å²) >= 11 is 0. The van der Waals surface area contributed by atoms with Crippen molar-refractivity contribution >= 4 is 29.9 Å². The van der Waals surface area contributed by atoms with Crippen LogP contribution < -0.4 is 20.7 Å². The molecule has 1 saturated heterocycles. The van der Waals surface area contributed by atoms with Crippen LogP contribution in [0, 0.1) is 0 Å². The van der Waals surface area contributed by atoms with E-state index in [2.05, 4.69) is 22.9 Å². The number of rotatable bonds is 4. The van der Waals surface area contributed by atoms with Crippen LogP contribution in [-0.4, -0.2) is 36.5 Å². The highest BCUT2D eigenvalue weighted by molar-refractivity contribution is 5.98. The molecule has 7 heteroatoms. The number of hydrogen-bond acceptors (Lipinski definition) is 4. The quantitative estimate of drug-likeness (QED) is 0.717. The summed E-state index contributed by atoms with van der Waals surface area (Å²) in [5.41, 5.74) is 2.16. The predicted molar refractivity (Wildman–Crippen MR) is 115 cm³/mol. The molecule has 29 heavy (non-hydrogen) atoms. The Balaban J connectivity index is 0.00000240. The van der Waals surface area contributed by atoms with Crippen molar-refractivity contribution in [1.29, 1.82) is 0 Å². The second-order valence-corrected chi connectivity index (χ2v) is 7.45. The number of carbonyl (C=O) groups is 2. The first-order valence-electron chi connectivity index (χ1n) is 9.80. The van der Waals surface area contributed by atoms with Gasteiger partial charge in [0, 0.05) is 29.8 Å². The third-order valence-corrected chi connectivity index (χ3v) is 5.41. The summed E-state index contributed by atoms with van der Waals surface area (Å²) in [7, 11) is 0. The lowest BCUT2D eigenvalue weighted by Gasteiger charge is -2.30. The van der Waals surface area contributed by atoms with Crippen LogP contribution in [0.3, 0.4) is 0 Å². The number of halogens is 1. The van der Waals surface area contributed by atoms with Gasteiger partial charge in [-0.1, -0.05) is 24.3 Å². The van der Waals surface area contributed by atoms with Crippen molar-refractivity contribution in [2.24, 2.45) is 0 Å². The third-order valence-electron chi connectivity index (χ3n) is 5.41. The van der Waals surface area contributed by atoms with Crippen molar-refractivity contribution in [2.45, 2.75) is 44.4 Å². The Labute approximate surface area is 176 Å². The first-order valence-corrected chi connectivity index (χ1v) is 9.80. The Morgan fingerprint density at radius 1 is 1.14 bits per heavy atom. The molecular weight excluding hydrogens is 390 g/mol. The van der Waals surface area contributed by atoms with Gasteiger partial charge in [-0.05, 0) is 56.1 Å². The van der Waals surface area contributed by atoms with E-state index >= 15 is 0 Å². The van der Waals surface area contributed by atoms with E-state index < -0.39 is 6.10 Å². The number of fused-ring (bicyclic) bond motifs is 1. The predicted octanol–water partition coefficient (Wildman–Crippen LogP) is 2.92. The number of anilines is 1. The molecule has 2 aliphatic rings. The Kier molecular flexibility index (Phi) is 6.77. The summed E-state index contributed by atoms with van der Waals surface area (Å²) in [5.74, 6) is 0.422. The summed E-state index contributed by atoms with van der Waals surface area (Å²) in [6.45, 7) is 3.07. The maximum atomic E-state index is 12.6. The molecule has 0 bridgehead atoms. The highest BCUT2D eigenvalue weighted by Gasteiger charge is 2.29. The van der Waals surface area contributed by atoms with Gasteiger partial charge in [-0.3, -0.25) is 9.59 Å². The van der Waals surface area contributed by atoms with Gasteiger partial charge in [0.15, 0.2) is 6.10 Å². The van der Waals surface area contributed by atoms with Crippen molar-refractivity contribution in [3.05, 3.63) is 59.7 Å². The second-order valence-electron chi connectivity index (χ2n) is 7.45. The van der Waals surface area contributed by atoms with E-state index in [0.29, 0.717) is 17.7 Å². The molecule has 3 unspecified atom stereocenters. The maximum Gasteiger partial charge on any atom is 0.265 e. The molecule has 0 aromatic heterocycles. The smallest absolute Gasteiger partial charge is 0.265 e. The van der Waals surface area contributed by atoms with Crippen LogP contribution >= 0.6 is 12.4 Å². The summed E-state index contributed by atoms with van der Waals surface area (Å²) in [6.07, 6.45) is 2.02. The second kappa shape index (κ2) is 9.29. The van der Waals surface area contributed by atoms with E-state index in [9.17, 15) is 9.59 Å². The lowest BCUT2D eigenvalue weighted by atomic mass is 9.99. The maximum absolute atomic E-state index is 12.6. The lowest BCUT2D eigenvalue weighted by Crippen LogP contribution is -2.51. The summed E-state index contributed by atoms with van der Waals surface area (Å²) in [6, 6.07) is 15.1. The summed E-state index contributed by atoms with van der Waals surface area (Å²) < 4.78 is 5.73. The number of piperidine rings is 1. The van der Waals surface area contributed by atoms with Crippen LogP contribution in [0.2, 0.25) is 0 Å². The highest BCUT2D eigenvalue weighted by atomic mass is 35.5. The minimum atomic E-state index is -0.552. The molecule has 4 rings (SSSR count). The molecular formula is C22H26ClN3O3. The minimum absolute atomic E-state index is 0. The molecule has 3 N–H and O–H groups in total. The molecule has 154 valence electrons. The largest absolute Gasteiger partial charge is 0.480 e. The standard InChI is InChI=1S/C22H25N3O3.ClH/c1-14-18(9-5-11-23-14)25-21(26)16-7-4-8-17(12-16)24-22(27)20-13-15-6-2-3-10-19(15)28-20;/h2-4,6-8,10,12,14,18,20,23H,5,9,11,13H2,1H3,(H,24,27)(H,25,26);1H. The van der Waals surface area contributed by atoms with E-state index in [1.807, 2.05) is 24.3 Å². The summed E-state index contributed by atoms with van der Waals surface area (Å²) in [4.78, 5) is 25.2. The molecule has 0 radical (unpaired) electrons. The van der Waals surface area contributed by atoms with Gasteiger partial charge < -0.3 is 20.7 Å². The first kappa shape index (κ1) is 21.1. The van der Waals surface area contributed by atoms with Crippen LogP contribution in [0.4, 0.5) is 5.69 Å². The number of amides is 2. The molecule has 6 nitrogen and oxygen atoms in total. The third kappa shape index (κ3) is 4.89. The van der Waals surface area contributed by atoms with Gasteiger partial charge in [0.25, 0.3) is 11.8 Å². The average Bonchev–Trinajstić information content (AvgIpc) is 3.14. The Hall–Kier alpha value is -2.57. The number of para-hydroxylation sites is 1. The van der Waals surface area contributed by atoms with Gasteiger partial charge >= 0.3 is 0 Å². The van der Waals surface area contributed by atoms with Gasteiger partial charge in [0.05, 0.1) is 0 Å². The fourth-order valence-electron chi connectivity index (χ4n) is 3.78. The van der Waals surface area contributed by atoms with Gasteiger partial charge in [0.2, 0.25) is 0 Å². The number of nitrogens with one attached hydrogen (secondary N) is 3. The molecule has 1 fully saturated rings. The van der Waals surface area contributed by atoms with Gasteiger partial charge in [0.1, 0.15) is 5.75 Å². The summed E-state index contributed by atoms with van der Waals surface area (Å²) in [5, 5.41) is 9.34. The molecule has 0 aliphatic carbocycles. The molecule has 2 aromatic carbocycles. The SMILES string of the molecule is CC1NCCCC1NC(=O)c1cccc(NC(=O)C2Cc3ccccc3O2)c1.Cl. The number of carbonyl (C=O) groups excluding carboxylic acids is 2. The molecule has 3 atom stereocenters. The van der Waals surface area contributed by atoms with Crippen molar-refractivity contribution in [3.63, 3.8) is 0 Å². The Morgan fingerprint density at radius 3 is 2.76 bits per heavy atom. The van der Waals surface area contributed by atoms with E-state index in [4.69, 9.17) is 4.74 Å². The zero-order chi connectivity index (χ0) is 19.5. The van der Waals surface area contributed by atoms with Gasteiger partial charge in [-0.2, -0.15) is 0 Å². The van der Waals surface area contributed by atoms with Crippen molar-refractivity contribution in [2.75, 3.05) is 11.9 Å². The van der Waals surface area contributed by atoms with Crippen molar-refractivity contribution < 1.29 is 14.3 Å². The van der Waals surface area contributed by atoms with Crippen LogP contribution in [0.5, 0.6) is 5.75 Å². The normalized spacial score (nSPS) is 22.6. The van der Waals surface area contributed by atoms with E-state index in [-0.39, 0.29) is 36.3 Å². The Morgan fingerprint density at radius 2 is 1.97 bits per heavy atom. The van der Waals surface area contributed by atoms with Crippen LogP contribution in [0.1, 0.15) is 35.7 Å². The fraction of sp³-hybridized carbons (Fsp3) is 0.364. The van der Waals surface area contributed by atoms with Crippen LogP contribution in [0.15, 0.2) is 48.5 Å². The zero-order valence-corrected chi connectivity index (χ0v) is 17.1. The van der Waals surface area contributed by atoms with Gasteiger partial charge in [-0.15, -0.1) is 12.4 Å². The van der Waals surface area contributed by atoms with Crippen LogP contribution in [-0.2, 0) is 11.2 Å². The van der Waals surface area contributed by atoms with Crippen molar-refractivity contribution in [3.8, 4) is 5.75 Å². The van der Waals surface area contributed by atoms with Crippen LogP contribution in [0.25, 0.3) is 0 Å². The Bertz CT molecular complexity index is 864. The minimum Gasteiger partial charge on any atom is -0.480 e. The van der Waals surface area contributed by atoms with E-state index in [1.165, 1.54) is 0 Å². The van der Waals surface area contributed by atoms with Crippen molar-refractivity contribution in [1.82, 2.24) is 10.6 Å². The molecule has 2 aromatic rings. The number of hydrogen-bond donors (Lipinski definition) is 3.